The quantitative estimate of drug-likeness (QED) is 0.650. The highest BCUT2D eigenvalue weighted by molar-refractivity contribution is 5.79. The van der Waals surface area contributed by atoms with Gasteiger partial charge in [-0.15, -0.1) is 0 Å². The third kappa shape index (κ3) is 6.00. The molecule has 0 saturated carbocycles. The first-order valence-electron chi connectivity index (χ1n) is 6.42. The van der Waals surface area contributed by atoms with Crippen LogP contribution in [0, 0.1) is 5.92 Å². The van der Waals surface area contributed by atoms with E-state index < -0.39 is 0 Å². The lowest BCUT2D eigenvalue weighted by Crippen LogP contribution is -2.46. The van der Waals surface area contributed by atoms with Crippen LogP contribution in [0.25, 0.3) is 0 Å². The summed E-state index contributed by atoms with van der Waals surface area (Å²) in [4.78, 5) is 13.6. The summed E-state index contributed by atoms with van der Waals surface area (Å²) in [5.41, 5.74) is 5.37. The molecule has 0 aromatic carbocycles. The van der Waals surface area contributed by atoms with Crippen molar-refractivity contribution in [1.82, 2.24) is 10.2 Å². The summed E-state index contributed by atoms with van der Waals surface area (Å²) < 4.78 is 5.28. The standard InChI is InChI=1S/C12H25N3O2/c1-10(2)9-11(12(13)16)14-3-4-15-5-7-17-8-6-15/h10-11,14H,3-9H2,1-2H3,(H2,13,16)/t11-/m0/s1. The number of carbonyl (C=O) groups excluding carboxylic acids is 1. The molecule has 0 aromatic rings. The monoisotopic (exact) mass is 243 g/mol. The van der Waals surface area contributed by atoms with Crippen molar-refractivity contribution >= 4 is 5.91 Å². The summed E-state index contributed by atoms with van der Waals surface area (Å²) in [6, 6.07) is -0.198. The van der Waals surface area contributed by atoms with E-state index >= 15 is 0 Å². The molecule has 1 atom stereocenters. The van der Waals surface area contributed by atoms with Gasteiger partial charge in [-0.2, -0.15) is 0 Å². The van der Waals surface area contributed by atoms with E-state index in [1.807, 2.05) is 0 Å². The number of ether oxygens (including phenoxy) is 1. The molecule has 1 rings (SSSR count). The van der Waals surface area contributed by atoms with Crippen LogP contribution < -0.4 is 11.1 Å². The molecule has 100 valence electrons. The Morgan fingerprint density at radius 2 is 2.06 bits per heavy atom. The van der Waals surface area contributed by atoms with E-state index in [9.17, 15) is 4.79 Å². The lowest BCUT2D eigenvalue weighted by atomic mass is 10.0. The summed E-state index contributed by atoms with van der Waals surface area (Å²) in [6.45, 7) is 9.53. The van der Waals surface area contributed by atoms with Gasteiger partial charge in [0.25, 0.3) is 0 Å². The number of nitrogens with one attached hydrogen (secondary N) is 1. The summed E-state index contributed by atoms with van der Waals surface area (Å²) >= 11 is 0. The Bertz CT molecular complexity index is 228. The molecular formula is C12H25N3O2. The fraction of sp³-hybridized carbons (Fsp3) is 0.917. The fourth-order valence-corrected chi connectivity index (χ4v) is 1.99. The van der Waals surface area contributed by atoms with Gasteiger partial charge in [0, 0.05) is 26.2 Å². The van der Waals surface area contributed by atoms with Gasteiger partial charge in [0.05, 0.1) is 19.3 Å². The zero-order valence-corrected chi connectivity index (χ0v) is 10.9. The van der Waals surface area contributed by atoms with Gasteiger partial charge in [-0.3, -0.25) is 9.69 Å². The average Bonchev–Trinajstić information content (AvgIpc) is 2.28. The van der Waals surface area contributed by atoms with E-state index in [0.29, 0.717) is 5.92 Å². The Balaban J connectivity index is 2.19. The van der Waals surface area contributed by atoms with E-state index in [-0.39, 0.29) is 11.9 Å². The highest BCUT2D eigenvalue weighted by atomic mass is 16.5. The van der Waals surface area contributed by atoms with E-state index in [2.05, 4.69) is 24.1 Å². The van der Waals surface area contributed by atoms with Gasteiger partial charge in [-0.1, -0.05) is 13.8 Å². The minimum Gasteiger partial charge on any atom is -0.379 e. The molecule has 1 aliphatic heterocycles. The minimum absolute atomic E-state index is 0.198. The van der Waals surface area contributed by atoms with Crippen LogP contribution in [0.1, 0.15) is 20.3 Å². The number of rotatable bonds is 7. The van der Waals surface area contributed by atoms with Gasteiger partial charge in [0.15, 0.2) is 0 Å². The largest absolute Gasteiger partial charge is 0.379 e. The van der Waals surface area contributed by atoms with Crippen molar-refractivity contribution < 1.29 is 9.53 Å². The normalized spacial score (nSPS) is 19.5. The highest BCUT2D eigenvalue weighted by Gasteiger charge is 2.16. The molecule has 1 heterocycles. The molecule has 1 amide bonds. The number of carbonyl (C=O) groups is 1. The van der Waals surface area contributed by atoms with E-state index in [1.165, 1.54) is 0 Å². The van der Waals surface area contributed by atoms with Crippen molar-refractivity contribution in [2.45, 2.75) is 26.3 Å². The molecule has 0 aliphatic carbocycles. The molecule has 1 aliphatic rings. The summed E-state index contributed by atoms with van der Waals surface area (Å²) in [5, 5.41) is 3.24. The highest BCUT2D eigenvalue weighted by Crippen LogP contribution is 2.04. The summed E-state index contributed by atoms with van der Waals surface area (Å²) in [6.07, 6.45) is 0.804. The molecule has 0 unspecified atom stereocenters. The maximum atomic E-state index is 11.2. The minimum atomic E-state index is -0.249. The number of amides is 1. The van der Waals surface area contributed by atoms with Crippen molar-refractivity contribution in [2.75, 3.05) is 39.4 Å². The molecule has 5 heteroatoms. The van der Waals surface area contributed by atoms with Crippen molar-refractivity contribution in [3.05, 3.63) is 0 Å². The number of morpholine rings is 1. The second-order valence-corrected chi connectivity index (χ2v) is 4.99. The van der Waals surface area contributed by atoms with Crippen LogP contribution >= 0.6 is 0 Å². The van der Waals surface area contributed by atoms with Crippen LogP contribution in [-0.2, 0) is 9.53 Å². The molecule has 1 saturated heterocycles. The van der Waals surface area contributed by atoms with E-state index in [0.717, 1.165) is 45.8 Å². The van der Waals surface area contributed by atoms with E-state index in [1.54, 1.807) is 0 Å². The number of nitrogens with two attached hydrogens (primary N) is 1. The molecule has 17 heavy (non-hydrogen) atoms. The number of hydrogen-bond donors (Lipinski definition) is 2. The van der Waals surface area contributed by atoms with Gasteiger partial charge < -0.3 is 15.8 Å². The Morgan fingerprint density at radius 1 is 1.41 bits per heavy atom. The zero-order chi connectivity index (χ0) is 12.7. The van der Waals surface area contributed by atoms with Crippen LogP contribution in [0.15, 0.2) is 0 Å². The van der Waals surface area contributed by atoms with Gasteiger partial charge in [-0.25, -0.2) is 0 Å². The Morgan fingerprint density at radius 3 is 2.59 bits per heavy atom. The SMILES string of the molecule is CC(C)C[C@H](NCCN1CCOCC1)C(N)=O. The van der Waals surface area contributed by atoms with Gasteiger partial charge in [0.1, 0.15) is 0 Å². The topological polar surface area (TPSA) is 67.6 Å². The first-order valence-corrected chi connectivity index (χ1v) is 6.42. The number of hydrogen-bond acceptors (Lipinski definition) is 4. The van der Waals surface area contributed by atoms with Gasteiger partial charge >= 0.3 is 0 Å². The number of nitrogens with zero attached hydrogens (tertiary/aromatic N) is 1. The molecule has 0 bridgehead atoms. The van der Waals surface area contributed by atoms with Crippen molar-refractivity contribution in [2.24, 2.45) is 11.7 Å². The first kappa shape index (κ1) is 14.4. The average molecular weight is 243 g/mol. The Hall–Kier alpha value is -0.650. The Kier molecular flexibility index (Phi) is 6.47. The van der Waals surface area contributed by atoms with Crippen LogP contribution in [0.2, 0.25) is 0 Å². The molecule has 0 radical (unpaired) electrons. The van der Waals surface area contributed by atoms with Crippen molar-refractivity contribution in [3.63, 3.8) is 0 Å². The predicted molar refractivity (Wildman–Crippen MR) is 67.7 cm³/mol. The molecule has 1 fully saturated rings. The molecule has 0 aromatic heterocycles. The summed E-state index contributed by atoms with van der Waals surface area (Å²) in [5.74, 6) is 0.226. The molecule has 5 nitrogen and oxygen atoms in total. The smallest absolute Gasteiger partial charge is 0.234 e. The molecule has 0 spiro atoms. The second-order valence-electron chi connectivity index (χ2n) is 4.99. The maximum absolute atomic E-state index is 11.2. The van der Waals surface area contributed by atoms with Crippen LogP contribution in [0.3, 0.4) is 0 Å². The fourth-order valence-electron chi connectivity index (χ4n) is 1.99. The van der Waals surface area contributed by atoms with Crippen LogP contribution in [-0.4, -0.2) is 56.2 Å². The lowest BCUT2D eigenvalue weighted by molar-refractivity contribution is -0.120. The van der Waals surface area contributed by atoms with Crippen LogP contribution in [0.4, 0.5) is 0 Å². The van der Waals surface area contributed by atoms with E-state index in [4.69, 9.17) is 10.5 Å². The van der Waals surface area contributed by atoms with Gasteiger partial charge in [-0.05, 0) is 12.3 Å². The van der Waals surface area contributed by atoms with Gasteiger partial charge in [0.2, 0.25) is 5.91 Å². The third-order valence-corrected chi connectivity index (χ3v) is 2.97. The molecule has 3 N–H and O–H groups in total. The summed E-state index contributed by atoms with van der Waals surface area (Å²) in [7, 11) is 0. The van der Waals surface area contributed by atoms with Crippen molar-refractivity contribution in [3.8, 4) is 0 Å². The second kappa shape index (κ2) is 7.63. The van der Waals surface area contributed by atoms with Crippen LogP contribution in [0.5, 0.6) is 0 Å². The third-order valence-electron chi connectivity index (χ3n) is 2.97. The number of primary amides is 1. The zero-order valence-electron chi connectivity index (χ0n) is 10.9. The lowest BCUT2D eigenvalue weighted by Gasteiger charge is -2.27. The Labute approximate surface area is 104 Å². The predicted octanol–water partition coefficient (Wildman–Crippen LogP) is -0.192. The van der Waals surface area contributed by atoms with Crippen molar-refractivity contribution in [1.29, 1.82) is 0 Å². The maximum Gasteiger partial charge on any atom is 0.234 e. The first-order chi connectivity index (χ1) is 8.09. The molecular weight excluding hydrogens is 218 g/mol.